The van der Waals surface area contributed by atoms with Crippen LogP contribution in [0.2, 0.25) is 0 Å². The van der Waals surface area contributed by atoms with E-state index in [0.717, 1.165) is 28.6 Å². The van der Waals surface area contributed by atoms with Crippen molar-refractivity contribution in [2.75, 3.05) is 31.1 Å². The second-order valence-corrected chi connectivity index (χ2v) is 9.03. The molecule has 0 N–H and O–H groups in total. The molecule has 2 aromatic heterocycles. The zero-order chi connectivity index (χ0) is 24.4. The van der Waals surface area contributed by atoms with Crippen LogP contribution in [0.5, 0.6) is 0 Å². The van der Waals surface area contributed by atoms with Crippen molar-refractivity contribution in [2.45, 2.75) is 26.7 Å². The van der Waals surface area contributed by atoms with Crippen LogP contribution in [0.1, 0.15) is 41.9 Å². The van der Waals surface area contributed by atoms with Gasteiger partial charge in [-0.2, -0.15) is 0 Å². The number of aromatic nitrogens is 5. The number of piperazine rings is 1. The lowest BCUT2D eigenvalue weighted by Crippen LogP contribution is -2.49. The zero-order valence-electron chi connectivity index (χ0n) is 20.3. The van der Waals surface area contributed by atoms with Gasteiger partial charge in [0.1, 0.15) is 11.6 Å². The minimum Gasteiger partial charge on any atom is -0.353 e. The van der Waals surface area contributed by atoms with Crippen molar-refractivity contribution in [3.8, 4) is 17.1 Å². The van der Waals surface area contributed by atoms with E-state index in [0.29, 0.717) is 32.0 Å². The summed E-state index contributed by atoms with van der Waals surface area (Å²) in [5, 5.41) is 4.63. The Morgan fingerprint density at radius 1 is 0.857 bits per heavy atom. The normalized spacial score (nSPS) is 13.9. The molecule has 8 nitrogen and oxygen atoms in total. The lowest BCUT2D eigenvalue weighted by atomic mass is 10.2. The molecular formula is C27H29N7O. The summed E-state index contributed by atoms with van der Waals surface area (Å²) in [6.07, 6.45) is 0. The van der Waals surface area contributed by atoms with Crippen LogP contribution in [0.25, 0.3) is 17.1 Å². The van der Waals surface area contributed by atoms with E-state index in [1.807, 2.05) is 78.6 Å². The van der Waals surface area contributed by atoms with Crippen molar-refractivity contribution in [3.05, 3.63) is 84.1 Å². The molecule has 2 aromatic carbocycles. The minimum absolute atomic E-state index is 0.154. The molecule has 0 atom stereocenters. The van der Waals surface area contributed by atoms with Crippen LogP contribution >= 0.6 is 0 Å². The Hall–Kier alpha value is -4.07. The van der Waals surface area contributed by atoms with Gasteiger partial charge in [-0.15, -0.1) is 5.10 Å². The number of benzene rings is 2. The van der Waals surface area contributed by atoms with E-state index < -0.39 is 0 Å². The highest BCUT2D eigenvalue weighted by molar-refractivity contribution is 5.91. The van der Waals surface area contributed by atoms with Crippen molar-refractivity contribution in [1.29, 1.82) is 0 Å². The second kappa shape index (κ2) is 9.66. The van der Waals surface area contributed by atoms with Gasteiger partial charge in [0.2, 0.25) is 5.82 Å². The lowest BCUT2D eigenvalue weighted by molar-refractivity contribution is 0.0734. The SMILES string of the molecule is Cc1cc(N2CCN(C(=O)c3nc(-c4ccccc4)n(-c4ccccc4)n3)CC2)nc(C(C)C)n1. The lowest BCUT2D eigenvalue weighted by Gasteiger charge is -2.35. The van der Waals surface area contributed by atoms with Crippen LogP contribution in [0.15, 0.2) is 66.7 Å². The molecule has 178 valence electrons. The molecule has 0 aliphatic carbocycles. The van der Waals surface area contributed by atoms with Crippen molar-refractivity contribution >= 4 is 11.7 Å². The minimum atomic E-state index is -0.154. The number of carbonyl (C=O) groups is 1. The maximum atomic E-state index is 13.4. The summed E-state index contributed by atoms with van der Waals surface area (Å²) < 4.78 is 1.75. The molecular weight excluding hydrogens is 438 g/mol. The number of nitrogens with zero attached hydrogens (tertiary/aromatic N) is 7. The summed E-state index contributed by atoms with van der Waals surface area (Å²) in [5.74, 6) is 2.74. The maximum Gasteiger partial charge on any atom is 0.293 e. The Balaban J connectivity index is 1.37. The van der Waals surface area contributed by atoms with Crippen molar-refractivity contribution in [2.24, 2.45) is 0 Å². The smallest absolute Gasteiger partial charge is 0.293 e. The van der Waals surface area contributed by atoms with Crippen molar-refractivity contribution in [1.82, 2.24) is 29.6 Å². The fourth-order valence-corrected chi connectivity index (χ4v) is 4.20. The third kappa shape index (κ3) is 4.77. The van der Waals surface area contributed by atoms with Crippen molar-refractivity contribution < 1.29 is 4.79 Å². The van der Waals surface area contributed by atoms with Gasteiger partial charge < -0.3 is 9.80 Å². The summed E-state index contributed by atoms with van der Waals surface area (Å²) >= 11 is 0. The van der Waals surface area contributed by atoms with Gasteiger partial charge in [0.05, 0.1) is 5.69 Å². The molecule has 35 heavy (non-hydrogen) atoms. The first-order valence-electron chi connectivity index (χ1n) is 12.0. The molecule has 8 heteroatoms. The van der Waals surface area contributed by atoms with Crippen LogP contribution < -0.4 is 4.90 Å². The number of amides is 1. The van der Waals surface area contributed by atoms with E-state index in [-0.39, 0.29) is 17.6 Å². The van der Waals surface area contributed by atoms with Crippen LogP contribution in [-0.2, 0) is 0 Å². The highest BCUT2D eigenvalue weighted by Gasteiger charge is 2.27. The summed E-state index contributed by atoms with van der Waals surface area (Å²) in [5.41, 5.74) is 2.73. The number of hydrogen-bond donors (Lipinski definition) is 0. The van der Waals surface area contributed by atoms with Gasteiger partial charge in [-0.1, -0.05) is 62.4 Å². The Kier molecular flexibility index (Phi) is 6.27. The fourth-order valence-electron chi connectivity index (χ4n) is 4.20. The molecule has 5 rings (SSSR count). The highest BCUT2D eigenvalue weighted by atomic mass is 16.2. The molecule has 1 aliphatic rings. The maximum absolute atomic E-state index is 13.4. The van der Waals surface area contributed by atoms with Gasteiger partial charge in [-0.3, -0.25) is 4.79 Å². The molecule has 0 unspecified atom stereocenters. The molecule has 1 amide bonds. The van der Waals surface area contributed by atoms with Gasteiger partial charge in [0.15, 0.2) is 5.82 Å². The first kappa shape index (κ1) is 22.7. The predicted octanol–water partition coefficient (Wildman–Crippen LogP) is 4.12. The third-order valence-electron chi connectivity index (χ3n) is 6.10. The largest absolute Gasteiger partial charge is 0.353 e. The topological polar surface area (TPSA) is 80.0 Å². The van der Waals surface area contributed by atoms with E-state index in [9.17, 15) is 4.79 Å². The molecule has 0 saturated carbocycles. The Morgan fingerprint density at radius 2 is 1.51 bits per heavy atom. The average Bonchev–Trinajstić information content (AvgIpc) is 3.35. The number of para-hydroxylation sites is 1. The highest BCUT2D eigenvalue weighted by Crippen LogP contribution is 2.23. The first-order chi connectivity index (χ1) is 17.0. The molecule has 0 bridgehead atoms. The van der Waals surface area contributed by atoms with E-state index in [2.05, 4.69) is 33.8 Å². The summed E-state index contributed by atoms with van der Waals surface area (Å²) in [6.45, 7) is 8.75. The molecule has 3 heterocycles. The predicted molar refractivity (Wildman–Crippen MR) is 136 cm³/mol. The molecule has 0 spiro atoms. The molecule has 1 fully saturated rings. The molecule has 0 radical (unpaired) electrons. The zero-order valence-corrected chi connectivity index (χ0v) is 20.3. The number of aryl methyl sites for hydroxylation is 1. The number of rotatable bonds is 5. The van der Waals surface area contributed by atoms with Crippen LogP contribution in [0, 0.1) is 6.92 Å². The van der Waals surface area contributed by atoms with Crippen LogP contribution in [0.4, 0.5) is 5.82 Å². The Morgan fingerprint density at radius 3 is 2.17 bits per heavy atom. The van der Waals surface area contributed by atoms with E-state index in [1.165, 1.54) is 0 Å². The summed E-state index contributed by atoms with van der Waals surface area (Å²) in [4.78, 5) is 31.4. The number of anilines is 1. The van der Waals surface area contributed by atoms with Crippen LogP contribution in [-0.4, -0.2) is 61.7 Å². The standard InChI is InChI=1S/C27H29N7O/c1-19(2)24-28-20(3)18-23(29-24)32-14-16-33(17-15-32)27(35)25-30-26(21-10-6-4-7-11-21)34(31-25)22-12-8-5-9-13-22/h4-13,18-19H,14-17H2,1-3H3. The van der Waals surface area contributed by atoms with Gasteiger partial charge in [-0.05, 0) is 19.1 Å². The number of carbonyl (C=O) groups excluding carboxylic acids is 1. The third-order valence-corrected chi connectivity index (χ3v) is 6.10. The second-order valence-electron chi connectivity index (χ2n) is 9.03. The number of hydrogen-bond acceptors (Lipinski definition) is 6. The van der Waals surface area contributed by atoms with Crippen molar-refractivity contribution in [3.63, 3.8) is 0 Å². The molecule has 1 saturated heterocycles. The Labute approximate surface area is 205 Å². The summed E-state index contributed by atoms with van der Waals surface area (Å²) in [7, 11) is 0. The van der Waals surface area contributed by atoms with E-state index in [4.69, 9.17) is 4.98 Å². The van der Waals surface area contributed by atoms with Gasteiger partial charge in [0, 0.05) is 49.4 Å². The Bertz CT molecular complexity index is 1250. The monoisotopic (exact) mass is 467 g/mol. The van der Waals surface area contributed by atoms with Crippen LogP contribution in [0.3, 0.4) is 0 Å². The van der Waals surface area contributed by atoms with Gasteiger partial charge in [-0.25, -0.2) is 19.6 Å². The quantitative estimate of drug-likeness (QED) is 0.439. The average molecular weight is 468 g/mol. The molecule has 1 aliphatic heterocycles. The van der Waals surface area contributed by atoms with E-state index >= 15 is 0 Å². The summed E-state index contributed by atoms with van der Waals surface area (Å²) in [6, 6.07) is 21.6. The van der Waals surface area contributed by atoms with E-state index in [1.54, 1.807) is 4.68 Å². The van der Waals surface area contributed by atoms with Gasteiger partial charge >= 0.3 is 0 Å². The molecule has 4 aromatic rings. The van der Waals surface area contributed by atoms with Gasteiger partial charge in [0.25, 0.3) is 5.91 Å². The fraction of sp³-hybridized carbons (Fsp3) is 0.296. The first-order valence-corrected chi connectivity index (χ1v) is 12.0.